The fourth-order valence-corrected chi connectivity index (χ4v) is 4.47. The first-order valence-corrected chi connectivity index (χ1v) is 11.9. The highest BCUT2D eigenvalue weighted by molar-refractivity contribution is 7.48. The van der Waals surface area contributed by atoms with E-state index in [1.165, 1.54) is 0 Å². The van der Waals surface area contributed by atoms with Crippen LogP contribution < -0.4 is 4.74 Å². The van der Waals surface area contributed by atoms with Crippen molar-refractivity contribution < 1.29 is 22.9 Å². The van der Waals surface area contributed by atoms with Gasteiger partial charge >= 0.3 is 7.82 Å². The first kappa shape index (κ1) is 25.3. The number of hydrogen-bond donors (Lipinski definition) is 0. The number of rotatable bonds is 11. The van der Waals surface area contributed by atoms with Crippen molar-refractivity contribution in [3.05, 3.63) is 50.2 Å². The molecule has 0 amide bonds. The minimum absolute atomic E-state index is 0.176. The van der Waals surface area contributed by atoms with Crippen LogP contribution in [-0.2, 0) is 24.6 Å². The minimum Gasteiger partial charge on any atom is -0.467 e. The molecule has 0 fully saturated rings. The summed E-state index contributed by atoms with van der Waals surface area (Å²) >= 11 is 18.9. The molecule has 30 heavy (non-hydrogen) atoms. The number of benzene rings is 1. The predicted octanol–water partition coefficient (Wildman–Crippen LogP) is 6.69. The molecule has 0 saturated heterocycles. The maximum Gasteiger partial charge on any atom is 0.477 e. The average molecular weight is 498 g/mol. The number of phosphoric acid groups is 1. The van der Waals surface area contributed by atoms with Crippen LogP contribution in [0.25, 0.3) is 0 Å². The van der Waals surface area contributed by atoms with E-state index in [0.717, 1.165) is 5.56 Å². The second kappa shape index (κ2) is 11.6. The molecule has 0 spiro atoms. The van der Waals surface area contributed by atoms with E-state index < -0.39 is 7.82 Å². The Morgan fingerprint density at radius 3 is 2.10 bits per heavy atom. The third-order valence-corrected chi connectivity index (χ3v) is 6.47. The summed E-state index contributed by atoms with van der Waals surface area (Å²) in [6.45, 7) is 7.41. The van der Waals surface area contributed by atoms with Gasteiger partial charge in [0, 0.05) is 16.5 Å². The Hall–Kier alpha value is -0.920. The van der Waals surface area contributed by atoms with E-state index in [4.69, 9.17) is 53.1 Å². The van der Waals surface area contributed by atoms with Gasteiger partial charge < -0.3 is 4.74 Å². The van der Waals surface area contributed by atoms with Crippen molar-refractivity contribution in [2.45, 2.75) is 40.0 Å². The Labute approximate surface area is 191 Å². The average Bonchev–Trinajstić information content (AvgIpc) is 2.66. The van der Waals surface area contributed by atoms with Gasteiger partial charge in [0.2, 0.25) is 0 Å². The third kappa shape index (κ3) is 7.06. The molecule has 0 aliphatic heterocycles. The van der Waals surface area contributed by atoms with Crippen LogP contribution in [0.15, 0.2) is 18.2 Å². The van der Waals surface area contributed by atoms with Crippen molar-refractivity contribution in [2.24, 2.45) is 0 Å². The highest BCUT2D eigenvalue weighted by Gasteiger charge is 2.25. The fraction of sp³-hybridized carbons (Fsp3) is 0.474. The summed E-state index contributed by atoms with van der Waals surface area (Å²) in [4.78, 5) is 0. The number of ether oxygens (including phenoxy) is 1. The highest BCUT2D eigenvalue weighted by Crippen LogP contribution is 2.49. The molecule has 0 bridgehead atoms. The molecule has 2 aromatic rings. The molecule has 1 aromatic carbocycles. The van der Waals surface area contributed by atoms with E-state index >= 15 is 0 Å². The van der Waals surface area contributed by atoms with Crippen molar-refractivity contribution in [3.8, 4) is 5.75 Å². The first-order chi connectivity index (χ1) is 14.2. The molecule has 0 aliphatic rings. The predicted molar refractivity (Wildman–Crippen MR) is 118 cm³/mol. The van der Waals surface area contributed by atoms with E-state index in [0.29, 0.717) is 38.6 Å². The lowest BCUT2D eigenvalue weighted by atomic mass is 10.0. The molecule has 0 N–H and O–H groups in total. The molecule has 166 valence electrons. The summed E-state index contributed by atoms with van der Waals surface area (Å²) < 4.78 is 32.9. The van der Waals surface area contributed by atoms with Gasteiger partial charge in [0.25, 0.3) is 0 Å². The minimum atomic E-state index is -3.67. The zero-order chi connectivity index (χ0) is 22.3. The van der Waals surface area contributed by atoms with Gasteiger partial charge in [-0.25, -0.2) is 9.09 Å². The van der Waals surface area contributed by atoms with Gasteiger partial charge in [0.1, 0.15) is 5.75 Å². The van der Waals surface area contributed by atoms with E-state index in [2.05, 4.69) is 10.2 Å². The van der Waals surface area contributed by atoms with Crippen LogP contribution in [0.3, 0.4) is 0 Å². The van der Waals surface area contributed by atoms with Crippen LogP contribution in [0.2, 0.25) is 15.2 Å². The van der Waals surface area contributed by atoms with Crippen molar-refractivity contribution in [1.29, 1.82) is 0 Å². The first-order valence-electron chi connectivity index (χ1n) is 9.35. The Morgan fingerprint density at radius 1 is 0.967 bits per heavy atom. The lowest BCUT2D eigenvalue weighted by Crippen LogP contribution is -2.06. The van der Waals surface area contributed by atoms with Crippen molar-refractivity contribution >= 4 is 42.6 Å². The highest BCUT2D eigenvalue weighted by atomic mass is 35.5. The molecule has 1 aromatic heterocycles. The van der Waals surface area contributed by atoms with Crippen LogP contribution in [0.1, 0.15) is 50.4 Å². The zero-order valence-corrected chi connectivity index (χ0v) is 20.3. The molecule has 7 nitrogen and oxygen atoms in total. The normalized spacial score (nSPS) is 11.9. The lowest BCUT2D eigenvalue weighted by molar-refractivity contribution is 0.0538. The Balaban J connectivity index is 2.10. The largest absolute Gasteiger partial charge is 0.477 e. The number of halogens is 3. The summed E-state index contributed by atoms with van der Waals surface area (Å²) in [5.41, 5.74) is 2.27. The number of phosphoric ester groups is 1. The van der Waals surface area contributed by atoms with Crippen LogP contribution in [0.4, 0.5) is 0 Å². The van der Waals surface area contributed by atoms with E-state index in [1.54, 1.807) is 26.0 Å². The molecular formula is C19H24Cl3N2O5P. The third-order valence-electron chi connectivity index (χ3n) is 3.93. The fourth-order valence-electron chi connectivity index (χ4n) is 2.53. The Kier molecular flexibility index (Phi) is 9.82. The lowest BCUT2D eigenvalue weighted by Gasteiger charge is -2.17. The maximum atomic E-state index is 12.3. The van der Waals surface area contributed by atoms with Crippen molar-refractivity contribution in [3.63, 3.8) is 0 Å². The second-order valence-corrected chi connectivity index (χ2v) is 9.29. The molecule has 0 atom stereocenters. The molecule has 2 rings (SSSR count). The molecule has 0 aliphatic carbocycles. The SMILES string of the molecule is CCOP(=O)(OCC)OCOc1cc(Cl)c(Cc2cc(C(C)C)c(Cl)nn2)c(Cl)c1. The Morgan fingerprint density at radius 2 is 1.57 bits per heavy atom. The summed E-state index contributed by atoms with van der Waals surface area (Å²) in [5.74, 6) is 0.552. The Bertz CT molecular complexity index is 881. The van der Waals surface area contributed by atoms with Gasteiger partial charge in [-0.1, -0.05) is 48.7 Å². The molecule has 1 heterocycles. The number of nitrogens with zero attached hydrogens (tertiary/aromatic N) is 2. The number of aromatic nitrogens is 2. The van der Waals surface area contributed by atoms with Crippen LogP contribution >= 0.6 is 42.6 Å². The van der Waals surface area contributed by atoms with E-state index in [-0.39, 0.29) is 25.9 Å². The topological polar surface area (TPSA) is 79.8 Å². The zero-order valence-electron chi connectivity index (χ0n) is 17.2. The molecule has 0 unspecified atom stereocenters. The monoisotopic (exact) mass is 496 g/mol. The van der Waals surface area contributed by atoms with Gasteiger partial charge in [-0.15, -0.1) is 5.10 Å². The maximum absolute atomic E-state index is 12.3. The molecular weight excluding hydrogens is 474 g/mol. The number of hydrogen-bond acceptors (Lipinski definition) is 7. The summed E-state index contributed by atoms with van der Waals surface area (Å²) in [5, 5.41) is 9.28. The summed E-state index contributed by atoms with van der Waals surface area (Å²) in [6.07, 6.45) is 0.377. The van der Waals surface area contributed by atoms with Gasteiger partial charge in [-0.2, -0.15) is 5.10 Å². The van der Waals surface area contributed by atoms with Gasteiger partial charge in [-0.3, -0.25) is 9.05 Å². The van der Waals surface area contributed by atoms with Gasteiger partial charge in [-0.05, 0) is 49.1 Å². The summed E-state index contributed by atoms with van der Waals surface area (Å²) in [7, 11) is -3.67. The smallest absolute Gasteiger partial charge is 0.467 e. The van der Waals surface area contributed by atoms with Gasteiger partial charge in [0.15, 0.2) is 11.9 Å². The van der Waals surface area contributed by atoms with Crippen LogP contribution in [-0.4, -0.2) is 30.2 Å². The molecule has 0 saturated carbocycles. The standard InChI is InChI=1S/C19H24Cl3N2O5P/c1-5-27-30(25,28-6-2)29-11-26-14-9-17(20)16(18(21)10-14)8-13-7-15(12(3)4)19(22)24-23-13/h7,9-10,12H,5-6,8,11H2,1-4H3. The summed E-state index contributed by atoms with van der Waals surface area (Å²) in [6, 6.07) is 5.07. The van der Waals surface area contributed by atoms with E-state index in [1.807, 2.05) is 19.9 Å². The molecule has 11 heteroatoms. The van der Waals surface area contributed by atoms with Crippen molar-refractivity contribution in [1.82, 2.24) is 10.2 Å². The quantitative estimate of drug-likeness (QED) is 0.253. The van der Waals surface area contributed by atoms with Crippen molar-refractivity contribution in [2.75, 3.05) is 20.0 Å². The molecule has 0 radical (unpaired) electrons. The van der Waals surface area contributed by atoms with Gasteiger partial charge in [0.05, 0.1) is 18.9 Å². The van der Waals surface area contributed by atoms with Crippen LogP contribution in [0.5, 0.6) is 5.75 Å². The van der Waals surface area contributed by atoms with E-state index in [9.17, 15) is 4.57 Å². The second-order valence-electron chi connectivity index (χ2n) is 6.45. The van der Waals surface area contributed by atoms with Crippen LogP contribution in [0, 0.1) is 0 Å².